The van der Waals surface area contributed by atoms with Gasteiger partial charge in [0, 0.05) is 26.2 Å². The second-order valence-corrected chi connectivity index (χ2v) is 4.93. The van der Waals surface area contributed by atoms with Gasteiger partial charge in [0.2, 0.25) is 0 Å². The Hall–Kier alpha value is -1.86. The topological polar surface area (TPSA) is 86.9 Å². The predicted octanol–water partition coefficient (Wildman–Crippen LogP) is 1.45. The van der Waals surface area contributed by atoms with Gasteiger partial charge >= 0.3 is 11.7 Å². The smallest absolute Gasteiger partial charge is 0.317 e. The zero-order chi connectivity index (χ0) is 14.7. The molecule has 20 heavy (non-hydrogen) atoms. The lowest BCUT2D eigenvalue weighted by Crippen LogP contribution is -2.48. The van der Waals surface area contributed by atoms with Crippen LogP contribution in [0.25, 0.3) is 0 Å². The van der Waals surface area contributed by atoms with E-state index in [4.69, 9.17) is 16.7 Å². The van der Waals surface area contributed by atoms with Gasteiger partial charge in [0.25, 0.3) is 0 Å². The molecule has 1 aromatic carbocycles. The molecule has 1 aromatic rings. The number of para-hydroxylation sites is 1. The Morgan fingerprint density at radius 2 is 2.00 bits per heavy atom. The number of anilines is 1. The van der Waals surface area contributed by atoms with Crippen LogP contribution in [0.1, 0.15) is 0 Å². The van der Waals surface area contributed by atoms with E-state index in [0.29, 0.717) is 31.9 Å². The normalized spacial score (nSPS) is 16.1. The highest BCUT2D eigenvalue weighted by Gasteiger charge is 2.26. The average Bonchev–Trinajstić information content (AvgIpc) is 2.38. The lowest BCUT2D eigenvalue weighted by molar-refractivity contribution is -0.384. The Kier molecular flexibility index (Phi) is 4.41. The van der Waals surface area contributed by atoms with Crippen LogP contribution in [0.4, 0.5) is 11.4 Å². The highest BCUT2D eigenvalue weighted by molar-refractivity contribution is 6.33. The Labute approximate surface area is 120 Å². The van der Waals surface area contributed by atoms with Crippen molar-refractivity contribution in [2.24, 2.45) is 0 Å². The van der Waals surface area contributed by atoms with E-state index in [-0.39, 0.29) is 17.3 Å². The number of nitro benzene ring substituents is 1. The van der Waals surface area contributed by atoms with E-state index in [1.807, 2.05) is 4.90 Å². The first-order valence-corrected chi connectivity index (χ1v) is 6.49. The fourth-order valence-corrected chi connectivity index (χ4v) is 2.52. The summed E-state index contributed by atoms with van der Waals surface area (Å²) in [6, 6.07) is 4.83. The monoisotopic (exact) mass is 299 g/mol. The van der Waals surface area contributed by atoms with Crippen molar-refractivity contribution in [2.45, 2.75) is 0 Å². The van der Waals surface area contributed by atoms with Crippen LogP contribution < -0.4 is 4.90 Å². The van der Waals surface area contributed by atoms with Crippen molar-refractivity contribution < 1.29 is 14.8 Å². The minimum atomic E-state index is -0.868. The van der Waals surface area contributed by atoms with Crippen LogP contribution in [0.2, 0.25) is 5.02 Å². The van der Waals surface area contributed by atoms with Crippen LogP contribution in [0, 0.1) is 10.1 Å². The number of aliphatic carboxylic acids is 1. The number of halogens is 1. The molecule has 0 unspecified atom stereocenters. The molecule has 7 nitrogen and oxygen atoms in total. The van der Waals surface area contributed by atoms with Crippen molar-refractivity contribution in [2.75, 3.05) is 37.6 Å². The van der Waals surface area contributed by atoms with Crippen molar-refractivity contribution in [3.8, 4) is 0 Å². The van der Waals surface area contributed by atoms with Crippen molar-refractivity contribution >= 4 is 28.9 Å². The summed E-state index contributed by atoms with van der Waals surface area (Å²) in [5.74, 6) is -0.868. The Morgan fingerprint density at radius 3 is 2.55 bits per heavy atom. The number of hydrogen-bond acceptors (Lipinski definition) is 5. The molecule has 1 heterocycles. The molecule has 0 amide bonds. The van der Waals surface area contributed by atoms with E-state index in [0.717, 1.165) is 0 Å². The molecule has 1 saturated heterocycles. The molecule has 0 saturated carbocycles. The molecule has 1 fully saturated rings. The van der Waals surface area contributed by atoms with E-state index in [9.17, 15) is 14.9 Å². The standard InChI is InChI=1S/C12H14ClN3O4/c13-9-2-1-3-10(12(9)16(19)20)15-6-4-14(5-7-15)8-11(17)18/h1-3H,4-8H2,(H,17,18). The first kappa shape index (κ1) is 14.5. The predicted molar refractivity (Wildman–Crippen MR) is 74.4 cm³/mol. The minimum absolute atomic E-state index is 0.00845. The number of nitro groups is 1. The zero-order valence-corrected chi connectivity index (χ0v) is 11.4. The Balaban J connectivity index is 2.13. The molecule has 0 radical (unpaired) electrons. The molecular weight excluding hydrogens is 286 g/mol. The molecule has 1 aliphatic rings. The molecule has 1 aliphatic heterocycles. The van der Waals surface area contributed by atoms with Gasteiger partial charge in [-0.2, -0.15) is 0 Å². The third kappa shape index (κ3) is 3.17. The average molecular weight is 300 g/mol. The number of carboxylic acid groups (broad SMARTS) is 1. The first-order valence-electron chi connectivity index (χ1n) is 6.11. The highest BCUT2D eigenvalue weighted by Crippen LogP contribution is 2.35. The molecule has 0 spiro atoms. The maximum Gasteiger partial charge on any atom is 0.317 e. The van der Waals surface area contributed by atoms with Gasteiger partial charge in [0.1, 0.15) is 10.7 Å². The largest absolute Gasteiger partial charge is 0.480 e. The number of hydrogen-bond donors (Lipinski definition) is 1. The molecule has 0 bridgehead atoms. The summed E-state index contributed by atoms with van der Waals surface area (Å²) in [5, 5.41) is 20.0. The first-order chi connectivity index (χ1) is 9.49. The number of nitrogens with zero attached hydrogens (tertiary/aromatic N) is 3. The van der Waals surface area contributed by atoms with Crippen LogP contribution in [0.3, 0.4) is 0 Å². The summed E-state index contributed by atoms with van der Waals surface area (Å²) < 4.78 is 0. The molecule has 8 heteroatoms. The van der Waals surface area contributed by atoms with Crippen molar-refractivity contribution in [3.63, 3.8) is 0 Å². The Morgan fingerprint density at radius 1 is 1.35 bits per heavy atom. The quantitative estimate of drug-likeness (QED) is 0.669. The second-order valence-electron chi connectivity index (χ2n) is 4.52. The van der Waals surface area contributed by atoms with Gasteiger partial charge in [-0.1, -0.05) is 17.7 Å². The zero-order valence-electron chi connectivity index (χ0n) is 10.7. The van der Waals surface area contributed by atoms with Crippen LogP contribution in [-0.2, 0) is 4.79 Å². The summed E-state index contributed by atoms with van der Waals surface area (Å²) in [4.78, 5) is 24.9. The maximum atomic E-state index is 11.1. The van der Waals surface area contributed by atoms with Gasteiger partial charge in [-0.25, -0.2) is 0 Å². The molecule has 0 aliphatic carbocycles. The summed E-state index contributed by atoms with van der Waals surface area (Å²) in [6.07, 6.45) is 0. The number of carboxylic acids is 1. The third-order valence-electron chi connectivity index (χ3n) is 3.22. The molecule has 2 rings (SSSR count). The van der Waals surface area contributed by atoms with Crippen molar-refractivity contribution in [1.82, 2.24) is 4.90 Å². The number of carbonyl (C=O) groups is 1. The molecule has 108 valence electrons. The van der Waals surface area contributed by atoms with E-state index in [1.54, 1.807) is 17.0 Å². The van der Waals surface area contributed by atoms with Gasteiger partial charge in [-0.05, 0) is 12.1 Å². The molecule has 1 N–H and O–H groups in total. The van der Waals surface area contributed by atoms with Crippen LogP contribution in [0.15, 0.2) is 18.2 Å². The van der Waals surface area contributed by atoms with E-state index < -0.39 is 10.9 Å². The van der Waals surface area contributed by atoms with Gasteiger partial charge in [-0.15, -0.1) is 0 Å². The second kappa shape index (κ2) is 6.06. The SMILES string of the molecule is O=C(O)CN1CCN(c2cccc(Cl)c2[N+](=O)[O-])CC1. The summed E-state index contributed by atoms with van der Waals surface area (Å²) in [7, 11) is 0. The lowest BCUT2D eigenvalue weighted by atomic mass is 10.2. The minimum Gasteiger partial charge on any atom is -0.480 e. The fraction of sp³-hybridized carbons (Fsp3) is 0.417. The summed E-state index contributed by atoms with van der Waals surface area (Å²) in [5.41, 5.74) is 0.387. The van der Waals surface area contributed by atoms with E-state index in [2.05, 4.69) is 0 Å². The van der Waals surface area contributed by atoms with Crippen molar-refractivity contribution in [1.29, 1.82) is 0 Å². The van der Waals surface area contributed by atoms with Gasteiger partial charge < -0.3 is 10.0 Å². The lowest BCUT2D eigenvalue weighted by Gasteiger charge is -2.34. The van der Waals surface area contributed by atoms with Gasteiger partial charge in [0.15, 0.2) is 0 Å². The fourth-order valence-electron chi connectivity index (χ4n) is 2.28. The van der Waals surface area contributed by atoms with Crippen molar-refractivity contribution in [3.05, 3.63) is 33.3 Å². The number of rotatable bonds is 4. The van der Waals surface area contributed by atoms with Crippen LogP contribution in [0.5, 0.6) is 0 Å². The van der Waals surface area contributed by atoms with Gasteiger partial charge in [-0.3, -0.25) is 19.8 Å². The van der Waals surface area contributed by atoms with E-state index in [1.165, 1.54) is 6.07 Å². The molecule has 0 aromatic heterocycles. The van der Waals surface area contributed by atoms with E-state index >= 15 is 0 Å². The van der Waals surface area contributed by atoms with Crippen LogP contribution in [-0.4, -0.2) is 53.6 Å². The maximum absolute atomic E-state index is 11.1. The highest BCUT2D eigenvalue weighted by atomic mass is 35.5. The molecule has 0 atom stereocenters. The summed E-state index contributed by atoms with van der Waals surface area (Å²) >= 11 is 5.88. The van der Waals surface area contributed by atoms with Crippen LogP contribution >= 0.6 is 11.6 Å². The third-order valence-corrected chi connectivity index (χ3v) is 3.52. The van der Waals surface area contributed by atoms with Gasteiger partial charge in [0.05, 0.1) is 11.5 Å². The number of piperazine rings is 1. The molecular formula is C12H14ClN3O4. The Bertz CT molecular complexity index is 529. The number of benzene rings is 1. The summed E-state index contributed by atoms with van der Waals surface area (Å²) in [6.45, 7) is 2.17.